The standard InChI is InChI=1S/C19H23BrN2O/c1-4-5-14-6-8-15(9-7-14)18(13(2)3)22-19(23)16-10-17(20)12-21-11-16/h6-13,18H,4-5H2,1-3H3,(H,22,23). The van der Waals surface area contributed by atoms with E-state index in [1.54, 1.807) is 18.5 Å². The molecule has 1 N–H and O–H groups in total. The molecule has 1 atom stereocenters. The first-order valence-electron chi connectivity index (χ1n) is 8.01. The van der Waals surface area contributed by atoms with E-state index in [0.717, 1.165) is 22.9 Å². The summed E-state index contributed by atoms with van der Waals surface area (Å²) < 4.78 is 0.801. The lowest BCUT2D eigenvalue weighted by molar-refractivity contribution is 0.0925. The van der Waals surface area contributed by atoms with Gasteiger partial charge in [0, 0.05) is 16.9 Å². The Morgan fingerprint density at radius 3 is 2.48 bits per heavy atom. The van der Waals surface area contributed by atoms with Crippen LogP contribution in [0.1, 0.15) is 54.7 Å². The number of carbonyl (C=O) groups excluding carboxylic acids is 1. The average Bonchev–Trinajstić information content (AvgIpc) is 2.53. The van der Waals surface area contributed by atoms with E-state index < -0.39 is 0 Å². The van der Waals surface area contributed by atoms with Gasteiger partial charge in [0.1, 0.15) is 0 Å². The Labute approximate surface area is 146 Å². The SMILES string of the molecule is CCCc1ccc(C(NC(=O)c2cncc(Br)c2)C(C)C)cc1. The molecule has 3 nitrogen and oxygen atoms in total. The smallest absolute Gasteiger partial charge is 0.253 e. The summed E-state index contributed by atoms with van der Waals surface area (Å²) in [6.07, 6.45) is 5.48. The second-order valence-corrected chi connectivity index (χ2v) is 6.99. The van der Waals surface area contributed by atoms with Crippen LogP contribution in [0, 0.1) is 5.92 Å². The van der Waals surface area contributed by atoms with Gasteiger partial charge >= 0.3 is 0 Å². The molecule has 0 radical (unpaired) electrons. The van der Waals surface area contributed by atoms with Gasteiger partial charge in [-0.25, -0.2) is 0 Å². The Morgan fingerprint density at radius 1 is 1.22 bits per heavy atom. The van der Waals surface area contributed by atoms with Crippen molar-refractivity contribution in [3.05, 3.63) is 63.9 Å². The lowest BCUT2D eigenvalue weighted by Crippen LogP contribution is -2.31. The van der Waals surface area contributed by atoms with Gasteiger partial charge in [-0.05, 0) is 45.5 Å². The molecule has 0 aliphatic carbocycles. The van der Waals surface area contributed by atoms with Gasteiger partial charge in [-0.1, -0.05) is 51.5 Å². The molecule has 1 aromatic heterocycles. The van der Waals surface area contributed by atoms with Crippen molar-refractivity contribution >= 4 is 21.8 Å². The van der Waals surface area contributed by atoms with Gasteiger partial charge in [0.15, 0.2) is 0 Å². The largest absolute Gasteiger partial charge is 0.345 e. The summed E-state index contributed by atoms with van der Waals surface area (Å²) in [4.78, 5) is 16.5. The number of carbonyl (C=O) groups is 1. The molecule has 0 bridgehead atoms. The van der Waals surface area contributed by atoms with Gasteiger partial charge in [-0.2, -0.15) is 0 Å². The number of amides is 1. The normalized spacial score (nSPS) is 12.2. The molecule has 0 fully saturated rings. The quantitative estimate of drug-likeness (QED) is 0.778. The van der Waals surface area contributed by atoms with Gasteiger partial charge in [-0.3, -0.25) is 9.78 Å². The molecule has 0 saturated carbocycles. The fraction of sp³-hybridized carbons (Fsp3) is 0.368. The predicted octanol–water partition coefficient (Wildman–Crippen LogP) is 4.92. The molecule has 1 heterocycles. The minimum atomic E-state index is -0.102. The van der Waals surface area contributed by atoms with Crippen LogP contribution >= 0.6 is 15.9 Å². The highest BCUT2D eigenvalue weighted by atomic mass is 79.9. The third-order valence-electron chi connectivity index (χ3n) is 3.80. The van der Waals surface area contributed by atoms with Gasteiger partial charge in [-0.15, -0.1) is 0 Å². The van der Waals surface area contributed by atoms with E-state index in [1.165, 1.54) is 5.56 Å². The Balaban J connectivity index is 2.16. The lowest BCUT2D eigenvalue weighted by atomic mass is 9.94. The molecular weight excluding hydrogens is 352 g/mol. The number of hydrogen-bond acceptors (Lipinski definition) is 2. The van der Waals surface area contributed by atoms with Crippen LogP contribution in [0.4, 0.5) is 0 Å². The second kappa shape index (κ2) is 8.25. The van der Waals surface area contributed by atoms with Crippen molar-refractivity contribution in [1.29, 1.82) is 0 Å². The molecule has 0 aliphatic heterocycles. The molecule has 2 rings (SSSR count). The minimum Gasteiger partial charge on any atom is -0.345 e. The predicted molar refractivity (Wildman–Crippen MR) is 97.4 cm³/mol. The number of aromatic nitrogens is 1. The average molecular weight is 375 g/mol. The van der Waals surface area contributed by atoms with Crippen LogP contribution in [0.3, 0.4) is 0 Å². The Bertz CT molecular complexity index is 653. The van der Waals surface area contributed by atoms with Gasteiger partial charge in [0.2, 0.25) is 0 Å². The molecule has 0 saturated heterocycles. The van der Waals surface area contributed by atoms with Crippen LogP contribution in [0.5, 0.6) is 0 Å². The molecule has 1 aromatic carbocycles. The van der Waals surface area contributed by atoms with Gasteiger partial charge in [0.05, 0.1) is 11.6 Å². The third-order valence-corrected chi connectivity index (χ3v) is 4.23. The van der Waals surface area contributed by atoms with E-state index in [2.05, 4.69) is 71.3 Å². The molecular formula is C19H23BrN2O. The molecule has 0 aliphatic rings. The van der Waals surface area contributed by atoms with Crippen molar-refractivity contribution in [1.82, 2.24) is 10.3 Å². The van der Waals surface area contributed by atoms with Crippen molar-refractivity contribution in [2.24, 2.45) is 5.92 Å². The summed E-state index contributed by atoms with van der Waals surface area (Å²) in [5.41, 5.74) is 3.03. The van der Waals surface area contributed by atoms with E-state index in [9.17, 15) is 4.79 Å². The fourth-order valence-corrected chi connectivity index (χ4v) is 2.94. The van der Waals surface area contributed by atoms with Crippen molar-refractivity contribution in [2.75, 3.05) is 0 Å². The number of halogens is 1. The summed E-state index contributed by atoms with van der Waals surface area (Å²) in [6.45, 7) is 6.41. The third kappa shape index (κ3) is 4.90. The maximum atomic E-state index is 12.5. The van der Waals surface area contributed by atoms with Crippen molar-refractivity contribution in [2.45, 2.75) is 39.7 Å². The van der Waals surface area contributed by atoms with Crippen LogP contribution in [0.2, 0.25) is 0 Å². The van der Waals surface area contributed by atoms with E-state index in [1.807, 2.05) is 0 Å². The zero-order valence-corrected chi connectivity index (χ0v) is 15.4. The van der Waals surface area contributed by atoms with E-state index in [-0.39, 0.29) is 11.9 Å². The topological polar surface area (TPSA) is 42.0 Å². The van der Waals surface area contributed by atoms with Crippen LogP contribution in [0.25, 0.3) is 0 Å². The Hall–Kier alpha value is -1.68. The maximum absolute atomic E-state index is 12.5. The van der Waals surface area contributed by atoms with Gasteiger partial charge < -0.3 is 5.32 Å². The van der Waals surface area contributed by atoms with Crippen LogP contribution in [-0.2, 0) is 6.42 Å². The number of aryl methyl sites for hydroxylation is 1. The highest BCUT2D eigenvalue weighted by Gasteiger charge is 2.19. The van der Waals surface area contributed by atoms with Gasteiger partial charge in [0.25, 0.3) is 5.91 Å². The zero-order valence-electron chi connectivity index (χ0n) is 13.8. The highest BCUT2D eigenvalue weighted by Crippen LogP contribution is 2.23. The molecule has 1 unspecified atom stereocenters. The Morgan fingerprint density at radius 2 is 1.91 bits per heavy atom. The second-order valence-electron chi connectivity index (χ2n) is 6.08. The first-order chi connectivity index (χ1) is 11.0. The first kappa shape index (κ1) is 17.7. The molecule has 4 heteroatoms. The number of hydrogen-bond donors (Lipinski definition) is 1. The monoisotopic (exact) mass is 374 g/mol. The number of nitrogens with one attached hydrogen (secondary N) is 1. The first-order valence-corrected chi connectivity index (χ1v) is 8.80. The fourth-order valence-electron chi connectivity index (χ4n) is 2.58. The summed E-state index contributed by atoms with van der Waals surface area (Å²) >= 11 is 3.35. The highest BCUT2D eigenvalue weighted by molar-refractivity contribution is 9.10. The van der Waals surface area contributed by atoms with Crippen LogP contribution in [-0.4, -0.2) is 10.9 Å². The zero-order chi connectivity index (χ0) is 16.8. The maximum Gasteiger partial charge on any atom is 0.253 e. The summed E-state index contributed by atoms with van der Waals surface area (Å²) in [5.74, 6) is 0.200. The summed E-state index contributed by atoms with van der Waals surface area (Å²) in [6, 6.07) is 10.3. The van der Waals surface area contributed by atoms with E-state index >= 15 is 0 Å². The number of rotatable bonds is 6. The number of nitrogens with zero attached hydrogens (tertiary/aromatic N) is 1. The molecule has 1 amide bonds. The lowest BCUT2D eigenvalue weighted by Gasteiger charge is -2.23. The van der Waals surface area contributed by atoms with Crippen LogP contribution < -0.4 is 5.32 Å². The Kier molecular flexibility index (Phi) is 6.34. The number of pyridine rings is 1. The number of benzene rings is 1. The van der Waals surface area contributed by atoms with Crippen molar-refractivity contribution in [3.63, 3.8) is 0 Å². The van der Waals surface area contributed by atoms with Crippen molar-refractivity contribution in [3.8, 4) is 0 Å². The molecule has 2 aromatic rings. The summed E-state index contributed by atoms with van der Waals surface area (Å²) in [7, 11) is 0. The van der Waals surface area contributed by atoms with Crippen LogP contribution in [0.15, 0.2) is 47.2 Å². The molecule has 122 valence electrons. The minimum absolute atomic E-state index is 0.0165. The molecule has 23 heavy (non-hydrogen) atoms. The summed E-state index contributed by atoms with van der Waals surface area (Å²) in [5, 5.41) is 3.13. The van der Waals surface area contributed by atoms with Crippen molar-refractivity contribution < 1.29 is 4.79 Å². The molecule has 0 spiro atoms. The van der Waals surface area contributed by atoms with E-state index in [0.29, 0.717) is 11.5 Å². The van der Waals surface area contributed by atoms with E-state index in [4.69, 9.17) is 0 Å².